The molecule has 0 N–H and O–H groups in total. The number of carbonyl (C=O) groups excluding carboxylic acids is 2. The first kappa shape index (κ1) is 18.1. The Balaban J connectivity index is 2.68. The van der Waals surface area contributed by atoms with Crippen molar-refractivity contribution in [2.75, 3.05) is 33.4 Å². The fourth-order valence-corrected chi connectivity index (χ4v) is 1.95. The quantitative estimate of drug-likeness (QED) is 0.518. The molecule has 1 aromatic rings. The zero-order valence-corrected chi connectivity index (χ0v) is 13.0. The molecule has 0 spiro atoms. The van der Waals surface area contributed by atoms with Gasteiger partial charge in [-0.2, -0.15) is 0 Å². The second kappa shape index (κ2) is 9.89. The largest absolute Gasteiger partial charge is 0.466 e. The number of ether oxygens (including phenoxy) is 2. The highest BCUT2D eigenvalue weighted by molar-refractivity contribution is 5.94. The fraction of sp³-hybridized carbons (Fsp3) is 0.500. The lowest BCUT2D eigenvalue weighted by molar-refractivity contribution is -0.143. The first-order valence-corrected chi connectivity index (χ1v) is 7.28. The van der Waals surface area contributed by atoms with Crippen LogP contribution in [0.1, 0.15) is 30.1 Å². The molecule has 6 heteroatoms. The highest BCUT2D eigenvalue weighted by atomic mass is 19.1. The van der Waals surface area contributed by atoms with Crippen LogP contribution in [0.2, 0.25) is 0 Å². The summed E-state index contributed by atoms with van der Waals surface area (Å²) in [4.78, 5) is 25.4. The summed E-state index contributed by atoms with van der Waals surface area (Å²) in [7, 11) is 1.59. The number of carbonyl (C=O) groups is 2. The summed E-state index contributed by atoms with van der Waals surface area (Å²) in [5.41, 5.74) is 0.391. The van der Waals surface area contributed by atoms with Gasteiger partial charge in [0.05, 0.1) is 13.0 Å². The first-order valence-electron chi connectivity index (χ1n) is 7.28. The van der Waals surface area contributed by atoms with E-state index in [4.69, 9.17) is 9.47 Å². The van der Waals surface area contributed by atoms with Crippen LogP contribution in [0.15, 0.2) is 24.3 Å². The molecule has 5 nitrogen and oxygen atoms in total. The van der Waals surface area contributed by atoms with Crippen LogP contribution in [0.3, 0.4) is 0 Å². The van der Waals surface area contributed by atoms with Crippen LogP contribution in [0.25, 0.3) is 0 Å². The molecular weight excluding hydrogens is 289 g/mol. The highest BCUT2D eigenvalue weighted by Crippen LogP contribution is 2.08. The highest BCUT2D eigenvalue weighted by Gasteiger charge is 2.17. The molecule has 0 atom stereocenters. The van der Waals surface area contributed by atoms with E-state index in [1.807, 2.05) is 0 Å². The van der Waals surface area contributed by atoms with Gasteiger partial charge in [0.2, 0.25) is 0 Å². The minimum absolute atomic E-state index is 0.133. The molecule has 1 amide bonds. The van der Waals surface area contributed by atoms with Crippen molar-refractivity contribution >= 4 is 11.9 Å². The number of nitrogens with zero attached hydrogens (tertiary/aromatic N) is 1. The van der Waals surface area contributed by atoms with Crippen LogP contribution in [-0.4, -0.2) is 50.2 Å². The second-order valence-electron chi connectivity index (χ2n) is 4.70. The Morgan fingerprint density at radius 1 is 1.18 bits per heavy atom. The summed E-state index contributed by atoms with van der Waals surface area (Å²) in [6, 6.07) is 5.36. The van der Waals surface area contributed by atoms with E-state index in [1.165, 1.54) is 24.3 Å². The standard InChI is InChI=1S/C16H22FNO4/c1-3-22-15(19)9-11-18(10-4-12-21-2)16(20)13-5-7-14(17)8-6-13/h5-8H,3-4,9-12H2,1-2H3. The van der Waals surface area contributed by atoms with Crippen LogP contribution in [0.4, 0.5) is 4.39 Å². The minimum atomic E-state index is -0.394. The molecule has 0 saturated heterocycles. The summed E-state index contributed by atoms with van der Waals surface area (Å²) < 4.78 is 22.8. The molecule has 0 bridgehead atoms. The fourth-order valence-electron chi connectivity index (χ4n) is 1.95. The van der Waals surface area contributed by atoms with Gasteiger partial charge < -0.3 is 14.4 Å². The van der Waals surface area contributed by atoms with Gasteiger partial charge >= 0.3 is 5.97 Å². The zero-order chi connectivity index (χ0) is 16.4. The first-order chi connectivity index (χ1) is 10.6. The number of hydrogen-bond acceptors (Lipinski definition) is 4. The van der Waals surface area contributed by atoms with Gasteiger partial charge in [0, 0.05) is 32.4 Å². The number of amides is 1. The Kier molecular flexibility index (Phi) is 8.14. The molecule has 0 aliphatic rings. The zero-order valence-electron chi connectivity index (χ0n) is 13.0. The molecule has 0 saturated carbocycles. The average Bonchev–Trinajstić information content (AvgIpc) is 2.51. The van der Waals surface area contributed by atoms with Crippen molar-refractivity contribution in [3.63, 3.8) is 0 Å². The van der Waals surface area contributed by atoms with Crippen molar-refractivity contribution in [1.29, 1.82) is 0 Å². The summed E-state index contributed by atoms with van der Waals surface area (Å²) >= 11 is 0. The van der Waals surface area contributed by atoms with E-state index < -0.39 is 5.82 Å². The Labute approximate surface area is 130 Å². The van der Waals surface area contributed by atoms with E-state index in [2.05, 4.69) is 0 Å². The number of benzene rings is 1. The normalized spacial score (nSPS) is 10.3. The van der Waals surface area contributed by atoms with Gasteiger partial charge in [-0.3, -0.25) is 9.59 Å². The van der Waals surface area contributed by atoms with E-state index in [0.717, 1.165) is 0 Å². The van der Waals surface area contributed by atoms with Crippen LogP contribution in [0, 0.1) is 5.82 Å². The molecule has 0 aromatic heterocycles. The smallest absolute Gasteiger partial charge is 0.307 e. The number of halogens is 1. The third-order valence-corrected chi connectivity index (χ3v) is 3.05. The van der Waals surface area contributed by atoms with Gasteiger partial charge in [-0.15, -0.1) is 0 Å². The maximum Gasteiger partial charge on any atom is 0.307 e. The maximum absolute atomic E-state index is 12.9. The third-order valence-electron chi connectivity index (χ3n) is 3.05. The predicted molar refractivity (Wildman–Crippen MR) is 80.0 cm³/mol. The van der Waals surface area contributed by atoms with Gasteiger partial charge in [0.1, 0.15) is 5.82 Å². The van der Waals surface area contributed by atoms with E-state index in [1.54, 1.807) is 18.9 Å². The molecule has 1 aromatic carbocycles. The van der Waals surface area contributed by atoms with Gasteiger partial charge in [-0.1, -0.05) is 0 Å². The molecular formula is C16H22FNO4. The van der Waals surface area contributed by atoms with Crippen molar-refractivity contribution in [3.05, 3.63) is 35.6 Å². The van der Waals surface area contributed by atoms with E-state index >= 15 is 0 Å². The van der Waals surface area contributed by atoms with E-state index in [0.29, 0.717) is 31.7 Å². The van der Waals surface area contributed by atoms with E-state index in [-0.39, 0.29) is 24.8 Å². The molecule has 0 radical (unpaired) electrons. The minimum Gasteiger partial charge on any atom is -0.466 e. The number of esters is 1. The lowest BCUT2D eigenvalue weighted by atomic mass is 10.2. The summed E-state index contributed by atoms with van der Waals surface area (Å²) in [5, 5.41) is 0. The Bertz CT molecular complexity index is 476. The topological polar surface area (TPSA) is 55.8 Å². The van der Waals surface area contributed by atoms with Crippen LogP contribution in [0.5, 0.6) is 0 Å². The molecule has 0 unspecified atom stereocenters. The Morgan fingerprint density at radius 3 is 2.45 bits per heavy atom. The molecule has 0 aliphatic carbocycles. The van der Waals surface area contributed by atoms with Crippen molar-refractivity contribution < 1.29 is 23.5 Å². The molecule has 122 valence electrons. The van der Waals surface area contributed by atoms with Crippen molar-refractivity contribution in [2.24, 2.45) is 0 Å². The van der Waals surface area contributed by atoms with Crippen molar-refractivity contribution in [2.45, 2.75) is 19.8 Å². The predicted octanol–water partition coefficient (Wildman–Crippen LogP) is 2.26. The SMILES string of the molecule is CCOC(=O)CCN(CCCOC)C(=O)c1ccc(F)cc1. The van der Waals surface area contributed by atoms with Crippen LogP contribution in [-0.2, 0) is 14.3 Å². The molecule has 0 fully saturated rings. The monoisotopic (exact) mass is 311 g/mol. The van der Waals surface area contributed by atoms with Crippen molar-refractivity contribution in [1.82, 2.24) is 4.90 Å². The Morgan fingerprint density at radius 2 is 1.86 bits per heavy atom. The molecule has 0 aliphatic heterocycles. The van der Waals surface area contributed by atoms with Crippen molar-refractivity contribution in [3.8, 4) is 0 Å². The average molecular weight is 311 g/mol. The summed E-state index contributed by atoms with van der Waals surface area (Å²) in [5.74, 6) is -0.972. The number of hydrogen-bond donors (Lipinski definition) is 0. The lowest BCUT2D eigenvalue weighted by Gasteiger charge is -2.22. The third kappa shape index (κ3) is 6.22. The maximum atomic E-state index is 12.9. The van der Waals surface area contributed by atoms with Gasteiger partial charge in [0.15, 0.2) is 0 Å². The molecule has 1 rings (SSSR count). The lowest BCUT2D eigenvalue weighted by Crippen LogP contribution is -2.34. The van der Waals surface area contributed by atoms with Gasteiger partial charge in [0.25, 0.3) is 5.91 Å². The summed E-state index contributed by atoms with van der Waals surface area (Å²) in [6.07, 6.45) is 0.792. The van der Waals surface area contributed by atoms with Gasteiger partial charge in [-0.05, 0) is 37.6 Å². The van der Waals surface area contributed by atoms with Gasteiger partial charge in [-0.25, -0.2) is 4.39 Å². The van der Waals surface area contributed by atoms with E-state index in [9.17, 15) is 14.0 Å². The number of methoxy groups -OCH3 is 1. The second-order valence-corrected chi connectivity index (χ2v) is 4.70. The summed E-state index contributed by atoms with van der Waals surface area (Å²) in [6.45, 7) is 3.29. The van der Waals surface area contributed by atoms with Crippen LogP contribution >= 0.6 is 0 Å². The van der Waals surface area contributed by atoms with Crippen LogP contribution < -0.4 is 0 Å². The molecule has 22 heavy (non-hydrogen) atoms. The Hall–Kier alpha value is -1.95. The molecule has 0 heterocycles. The number of rotatable bonds is 9.